The van der Waals surface area contributed by atoms with Crippen molar-refractivity contribution < 1.29 is 22.5 Å². The van der Waals surface area contributed by atoms with Crippen LogP contribution in [-0.4, -0.2) is 33.0 Å². The van der Waals surface area contributed by atoms with Crippen molar-refractivity contribution in [3.63, 3.8) is 0 Å². The minimum absolute atomic E-state index is 0.101. The van der Waals surface area contributed by atoms with Crippen molar-refractivity contribution in [2.75, 3.05) is 13.7 Å². The van der Waals surface area contributed by atoms with Crippen molar-refractivity contribution >= 4 is 27.0 Å². The standard InChI is InChI=1S/C10H11N3O6S/c1-11-9(14)5-18-13-20(16,17)6-2-3-7-8(4-6)19-10(15)12-7/h2-4,13H,5H2,1H3,(H,11,14)(H,12,15). The van der Waals surface area contributed by atoms with Gasteiger partial charge in [0, 0.05) is 13.1 Å². The van der Waals surface area contributed by atoms with Crippen LogP contribution in [0.4, 0.5) is 0 Å². The molecule has 0 atom stereocenters. The van der Waals surface area contributed by atoms with E-state index in [2.05, 4.69) is 15.1 Å². The van der Waals surface area contributed by atoms with Crippen molar-refractivity contribution in [1.29, 1.82) is 0 Å². The molecule has 0 saturated carbocycles. The van der Waals surface area contributed by atoms with Gasteiger partial charge in [0.05, 0.1) is 10.4 Å². The van der Waals surface area contributed by atoms with Crippen molar-refractivity contribution in [2.45, 2.75) is 4.90 Å². The molecule has 0 aliphatic heterocycles. The molecular formula is C10H11N3O6S. The van der Waals surface area contributed by atoms with Crippen LogP contribution in [0.1, 0.15) is 0 Å². The number of amides is 1. The molecule has 0 spiro atoms. The molecule has 1 heterocycles. The maximum absolute atomic E-state index is 11.9. The van der Waals surface area contributed by atoms with Crippen molar-refractivity contribution in [3.05, 3.63) is 28.7 Å². The van der Waals surface area contributed by atoms with E-state index in [1.165, 1.54) is 25.2 Å². The van der Waals surface area contributed by atoms with E-state index in [-0.39, 0.29) is 10.5 Å². The SMILES string of the molecule is CNC(=O)CONS(=O)(=O)c1ccc2[nH]c(=O)oc2c1. The van der Waals surface area contributed by atoms with E-state index < -0.39 is 28.3 Å². The van der Waals surface area contributed by atoms with Crippen LogP contribution in [-0.2, 0) is 19.7 Å². The van der Waals surface area contributed by atoms with Crippen molar-refractivity contribution in [3.8, 4) is 0 Å². The monoisotopic (exact) mass is 301 g/mol. The van der Waals surface area contributed by atoms with Gasteiger partial charge in [0.2, 0.25) is 5.91 Å². The Morgan fingerprint density at radius 2 is 2.20 bits per heavy atom. The van der Waals surface area contributed by atoms with Gasteiger partial charge in [0.1, 0.15) is 6.61 Å². The number of hydrogen-bond acceptors (Lipinski definition) is 6. The Balaban J connectivity index is 2.18. The number of fused-ring (bicyclic) bond motifs is 1. The quantitative estimate of drug-likeness (QED) is 0.612. The fourth-order valence-corrected chi connectivity index (χ4v) is 2.21. The Kier molecular flexibility index (Phi) is 3.88. The number of aromatic amines is 1. The van der Waals surface area contributed by atoms with Crippen LogP contribution in [0, 0.1) is 0 Å². The van der Waals surface area contributed by atoms with Gasteiger partial charge in [-0.2, -0.15) is 0 Å². The Bertz CT molecular complexity index is 791. The molecule has 0 aliphatic rings. The number of nitrogens with one attached hydrogen (secondary N) is 3. The lowest BCUT2D eigenvalue weighted by atomic mass is 10.3. The normalized spacial score (nSPS) is 11.7. The third-order valence-corrected chi connectivity index (χ3v) is 3.57. The Morgan fingerprint density at radius 1 is 1.45 bits per heavy atom. The summed E-state index contributed by atoms with van der Waals surface area (Å²) in [5, 5.41) is 2.27. The Hall–Kier alpha value is -2.17. The molecule has 3 N–H and O–H groups in total. The van der Waals surface area contributed by atoms with E-state index in [4.69, 9.17) is 4.42 Å². The summed E-state index contributed by atoms with van der Waals surface area (Å²) in [6.45, 7) is -0.461. The lowest BCUT2D eigenvalue weighted by molar-refractivity contribution is -0.126. The maximum Gasteiger partial charge on any atom is 0.417 e. The first kappa shape index (κ1) is 14.2. The zero-order chi connectivity index (χ0) is 14.8. The number of benzene rings is 1. The number of oxazole rings is 1. The first-order chi connectivity index (χ1) is 9.42. The number of hydrogen-bond donors (Lipinski definition) is 3. The zero-order valence-corrected chi connectivity index (χ0v) is 11.1. The van der Waals surface area contributed by atoms with E-state index in [1.54, 1.807) is 4.89 Å². The summed E-state index contributed by atoms with van der Waals surface area (Å²) in [5.41, 5.74) is 0.476. The molecule has 9 nitrogen and oxygen atoms in total. The van der Waals surface area contributed by atoms with E-state index in [0.717, 1.165) is 0 Å². The number of sulfonamides is 1. The molecule has 0 radical (unpaired) electrons. The largest absolute Gasteiger partial charge is 0.417 e. The number of likely N-dealkylation sites (N-methyl/N-ethyl adjacent to an activating group) is 1. The van der Waals surface area contributed by atoms with E-state index >= 15 is 0 Å². The lowest BCUT2D eigenvalue weighted by Gasteiger charge is -2.06. The van der Waals surface area contributed by atoms with Gasteiger partial charge in [-0.25, -0.2) is 13.2 Å². The van der Waals surface area contributed by atoms with Gasteiger partial charge in [-0.05, 0) is 12.1 Å². The van der Waals surface area contributed by atoms with Gasteiger partial charge in [-0.15, -0.1) is 0 Å². The van der Waals surface area contributed by atoms with Gasteiger partial charge in [-0.3, -0.25) is 14.6 Å². The number of aromatic nitrogens is 1. The van der Waals surface area contributed by atoms with Crippen LogP contribution in [0.3, 0.4) is 0 Å². The van der Waals surface area contributed by atoms with Gasteiger partial charge < -0.3 is 9.73 Å². The highest BCUT2D eigenvalue weighted by Crippen LogP contribution is 2.16. The summed E-state index contributed by atoms with van der Waals surface area (Å²) in [6, 6.07) is 3.81. The van der Waals surface area contributed by atoms with Crippen molar-refractivity contribution in [1.82, 2.24) is 15.2 Å². The molecule has 20 heavy (non-hydrogen) atoms. The van der Waals surface area contributed by atoms with Crippen LogP contribution < -0.4 is 16.0 Å². The maximum atomic E-state index is 11.9. The number of H-pyrrole nitrogens is 1. The van der Waals surface area contributed by atoms with Crippen LogP contribution in [0.25, 0.3) is 11.1 Å². The summed E-state index contributed by atoms with van der Waals surface area (Å²) in [7, 11) is -2.58. The van der Waals surface area contributed by atoms with Gasteiger partial charge >= 0.3 is 5.76 Å². The van der Waals surface area contributed by atoms with Crippen LogP contribution in [0.15, 0.2) is 32.3 Å². The summed E-state index contributed by atoms with van der Waals surface area (Å²) >= 11 is 0. The molecule has 2 aromatic rings. The molecule has 2 rings (SSSR count). The highest BCUT2D eigenvalue weighted by molar-refractivity contribution is 7.89. The van der Waals surface area contributed by atoms with Crippen LogP contribution >= 0.6 is 0 Å². The first-order valence-electron chi connectivity index (χ1n) is 5.39. The lowest BCUT2D eigenvalue weighted by Crippen LogP contribution is -2.31. The zero-order valence-electron chi connectivity index (χ0n) is 10.3. The molecule has 0 unspecified atom stereocenters. The molecule has 1 aromatic heterocycles. The van der Waals surface area contributed by atoms with Gasteiger partial charge in [-0.1, -0.05) is 4.89 Å². The minimum Gasteiger partial charge on any atom is -0.408 e. The second kappa shape index (κ2) is 5.45. The molecule has 1 amide bonds. The second-order valence-electron chi connectivity index (χ2n) is 3.72. The fourth-order valence-electron chi connectivity index (χ4n) is 1.39. The highest BCUT2D eigenvalue weighted by atomic mass is 32.2. The van der Waals surface area contributed by atoms with E-state index in [9.17, 15) is 18.0 Å². The first-order valence-corrected chi connectivity index (χ1v) is 6.88. The summed E-state index contributed by atoms with van der Waals surface area (Å²) in [6.07, 6.45) is 0. The molecule has 0 bridgehead atoms. The molecule has 0 aliphatic carbocycles. The number of rotatable bonds is 5. The highest BCUT2D eigenvalue weighted by Gasteiger charge is 2.16. The second-order valence-corrected chi connectivity index (χ2v) is 5.37. The average Bonchev–Trinajstić information content (AvgIpc) is 2.77. The van der Waals surface area contributed by atoms with E-state index in [1.807, 2.05) is 0 Å². The molecular weight excluding hydrogens is 290 g/mol. The Morgan fingerprint density at radius 3 is 2.90 bits per heavy atom. The Labute approximate surface area is 112 Å². The predicted octanol–water partition coefficient (Wildman–Crippen LogP) is -0.923. The molecule has 0 fully saturated rings. The van der Waals surface area contributed by atoms with Crippen LogP contribution in [0.2, 0.25) is 0 Å². The topological polar surface area (TPSA) is 130 Å². The van der Waals surface area contributed by atoms with Gasteiger partial charge in [0.15, 0.2) is 5.58 Å². The molecule has 0 saturated heterocycles. The molecule has 1 aromatic carbocycles. The summed E-state index contributed by atoms with van der Waals surface area (Å²) < 4.78 is 28.5. The van der Waals surface area contributed by atoms with Crippen LogP contribution in [0.5, 0.6) is 0 Å². The average molecular weight is 301 g/mol. The predicted molar refractivity (Wildman–Crippen MR) is 67.2 cm³/mol. The smallest absolute Gasteiger partial charge is 0.408 e. The summed E-state index contributed by atoms with van der Waals surface area (Å²) in [4.78, 5) is 30.4. The molecule has 10 heteroatoms. The van der Waals surface area contributed by atoms with Crippen molar-refractivity contribution in [2.24, 2.45) is 0 Å². The number of carbonyl (C=O) groups is 1. The third-order valence-electron chi connectivity index (χ3n) is 2.35. The van der Waals surface area contributed by atoms with Gasteiger partial charge in [0.25, 0.3) is 10.0 Å². The fraction of sp³-hybridized carbons (Fsp3) is 0.200. The third kappa shape index (κ3) is 3.04. The summed E-state index contributed by atoms with van der Waals surface area (Å²) in [5.74, 6) is -1.17. The van der Waals surface area contributed by atoms with E-state index in [0.29, 0.717) is 5.52 Å². The number of carbonyl (C=O) groups excluding carboxylic acids is 1. The minimum atomic E-state index is -3.97. The molecule has 108 valence electrons.